The molecule has 0 saturated carbocycles. The van der Waals surface area contributed by atoms with Crippen LogP contribution in [0, 0.1) is 0 Å². The van der Waals surface area contributed by atoms with Gasteiger partial charge in [-0.2, -0.15) is 9.90 Å². The second-order valence-corrected chi connectivity index (χ2v) is 2.87. The Bertz CT molecular complexity index is 112. The van der Waals surface area contributed by atoms with Gasteiger partial charge in [0.25, 0.3) is 0 Å². The summed E-state index contributed by atoms with van der Waals surface area (Å²) in [7, 11) is 0. The summed E-state index contributed by atoms with van der Waals surface area (Å²) in [5, 5.41) is 9.80. The summed E-state index contributed by atoms with van der Waals surface area (Å²) in [6.07, 6.45) is 5.36. The van der Waals surface area contributed by atoms with E-state index in [1.807, 2.05) is 0 Å². The van der Waals surface area contributed by atoms with Crippen LogP contribution < -0.4 is 0 Å². The molecule has 1 radical (unpaired) electrons. The smallest absolute Gasteiger partial charge is 0.432 e. The predicted molar refractivity (Wildman–Crippen MR) is 45.4 cm³/mol. The Balaban J connectivity index is 2.86. The molecule has 0 N–H and O–H groups in total. The standard InChI is InChI=1S/C9H17O3/c1-2-3-4-5-6-7-8-12-9(10)11/h2-8H2,1H3. The van der Waals surface area contributed by atoms with E-state index in [4.69, 9.17) is 0 Å². The van der Waals surface area contributed by atoms with E-state index in [0.29, 0.717) is 0 Å². The van der Waals surface area contributed by atoms with E-state index in [0.717, 1.165) is 12.8 Å². The number of carbonyl (C=O) groups is 1. The third-order valence-corrected chi connectivity index (χ3v) is 1.72. The lowest BCUT2D eigenvalue weighted by Crippen LogP contribution is -1.99. The first-order valence-electron chi connectivity index (χ1n) is 4.61. The molecular formula is C9H17O3. The van der Waals surface area contributed by atoms with Crippen molar-refractivity contribution in [3.05, 3.63) is 0 Å². The zero-order valence-corrected chi connectivity index (χ0v) is 7.67. The van der Waals surface area contributed by atoms with Crippen molar-refractivity contribution in [2.24, 2.45) is 0 Å². The van der Waals surface area contributed by atoms with Gasteiger partial charge in [-0.15, -0.1) is 0 Å². The second-order valence-electron chi connectivity index (χ2n) is 2.87. The number of unbranched alkanes of at least 4 members (excludes halogenated alkanes) is 5. The van der Waals surface area contributed by atoms with Crippen LogP contribution >= 0.6 is 0 Å². The number of hydrogen-bond donors (Lipinski definition) is 0. The molecule has 0 fully saturated rings. The summed E-state index contributed by atoms with van der Waals surface area (Å²) in [4.78, 5) is 9.80. The number of rotatable bonds is 7. The molecule has 0 amide bonds. The molecule has 12 heavy (non-hydrogen) atoms. The number of hydrogen-bond acceptors (Lipinski definition) is 2. The number of carbonyl (C=O) groups excluding carboxylic acids is 1. The van der Waals surface area contributed by atoms with Gasteiger partial charge in [0.05, 0.1) is 6.61 Å². The van der Waals surface area contributed by atoms with E-state index >= 15 is 0 Å². The van der Waals surface area contributed by atoms with E-state index in [-0.39, 0.29) is 6.61 Å². The lowest BCUT2D eigenvalue weighted by Gasteiger charge is -1.99. The van der Waals surface area contributed by atoms with E-state index < -0.39 is 6.16 Å². The highest BCUT2D eigenvalue weighted by atomic mass is 16.7. The highest BCUT2D eigenvalue weighted by molar-refractivity contribution is 5.56. The Morgan fingerprint density at radius 2 is 1.67 bits per heavy atom. The third-order valence-electron chi connectivity index (χ3n) is 1.72. The van der Waals surface area contributed by atoms with E-state index in [1.54, 1.807) is 0 Å². The van der Waals surface area contributed by atoms with Gasteiger partial charge in [0.2, 0.25) is 0 Å². The maximum atomic E-state index is 9.80. The van der Waals surface area contributed by atoms with Crippen LogP contribution in [0.4, 0.5) is 4.79 Å². The molecule has 0 saturated heterocycles. The average molecular weight is 173 g/mol. The largest absolute Gasteiger partial charge is 0.549 e. The quantitative estimate of drug-likeness (QED) is 0.439. The third kappa shape index (κ3) is 9.27. The maximum absolute atomic E-state index is 9.80. The molecule has 0 spiro atoms. The highest BCUT2D eigenvalue weighted by Crippen LogP contribution is 2.04. The van der Waals surface area contributed by atoms with Gasteiger partial charge < -0.3 is 4.74 Å². The van der Waals surface area contributed by atoms with Crippen molar-refractivity contribution in [2.75, 3.05) is 6.61 Å². The predicted octanol–water partition coefficient (Wildman–Crippen LogP) is 2.91. The lowest BCUT2D eigenvalue weighted by molar-refractivity contribution is 0.0664. The first-order valence-corrected chi connectivity index (χ1v) is 4.61. The first kappa shape index (κ1) is 11.3. The minimum atomic E-state index is -1.41. The Morgan fingerprint density at radius 3 is 2.25 bits per heavy atom. The topological polar surface area (TPSA) is 46.2 Å². The average Bonchev–Trinajstić information content (AvgIpc) is 2.02. The van der Waals surface area contributed by atoms with Gasteiger partial charge in [-0.05, 0) is 6.42 Å². The lowest BCUT2D eigenvalue weighted by atomic mass is 10.1. The molecule has 0 aliphatic carbocycles. The van der Waals surface area contributed by atoms with Crippen LogP contribution in [0.3, 0.4) is 0 Å². The van der Waals surface area contributed by atoms with Crippen LogP contribution in [0.2, 0.25) is 0 Å². The van der Waals surface area contributed by atoms with Gasteiger partial charge in [-0.3, -0.25) is 0 Å². The van der Waals surface area contributed by atoms with E-state index in [9.17, 15) is 9.90 Å². The molecule has 0 aromatic carbocycles. The Hall–Kier alpha value is -0.730. The zero-order valence-electron chi connectivity index (χ0n) is 7.67. The fourth-order valence-corrected chi connectivity index (χ4v) is 1.04. The molecule has 0 heterocycles. The van der Waals surface area contributed by atoms with Crippen molar-refractivity contribution >= 4 is 6.16 Å². The molecule has 0 aliphatic heterocycles. The molecule has 0 unspecified atom stereocenters. The number of ether oxygens (including phenoxy) is 1. The molecule has 0 rings (SSSR count). The Kier molecular flexibility index (Phi) is 7.86. The van der Waals surface area contributed by atoms with Gasteiger partial charge >= 0.3 is 6.16 Å². The molecule has 0 atom stereocenters. The van der Waals surface area contributed by atoms with E-state index in [2.05, 4.69) is 11.7 Å². The van der Waals surface area contributed by atoms with Crippen LogP contribution in [0.15, 0.2) is 0 Å². The summed E-state index contributed by atoms with van der Waals surface area (Å²) >= 11 is 0. The van der Waals surface area contributed by atoms with Crippen LogP contribution in [0.1, 0.15) is 45.4 Å². The van der Waals surface area contributed by atoms with Crippen LogP contribution in [0.5, 0.6) is 0 Å². The summed E-state index contributed by atoms with van der Waals surface area (Å²) in [5.41, 5.74) is 0. The normalized spacial score (nSPS) is 9.75. The molecule has 3 nitrogen and oxygen atoms in total. The van der Waals surface area contributed by atoms with Crippen LogP contribution in [0.25, 0.3) is 0 Å². The summed E-state index contributed by atoms with van der Waals surface area (Å²) in [6, 6.07) is 0. The zero-order chi connectivity index (χ0) is 9.23. The maximum Gasteiger partial charge on any atom is 0.549 e. The van der Waals surface area contributed by atoms with Crippen molar-refractivity contribution in [1.82, 2.24) is 0 Å². The van der Waals surface area contributed by atoms with Gasteiger partial charge in [-0.25, -0.2) is 0 Å². The SMILES string of the molecule is CCCCCCCCOC([O])=O. The molecule has 0 bridgehead atoms. The fourth-order valence-electron chi connectivity index (χ4n) is 1.04. The fraction of sp³-hybridized carbons (Fsp3) is 0.889. The second kappa shape index (κ2) is 8.37. The van der Waals surface area contributed by atoms with E-state index in [1.165, 1.54) is 25.7 Å². The first-order chi connectivity index (χ1) is 5.77. The van der Waals surface area contributed by atoms with Crippen LogP contribution in [-0.4, -0.2) is 12.8 Å². The summed E-state index contributed by atoms with van der Waals surface area (Å²) in [6.45, 7) is 2.45. The minimum Gasteiger partial charge on any atom is -0.432 e. The van der Waals surface area contributed by atoms with Crippen LogP contribution in [-0.2, 0) is 9.84 Å². The molecule has 71 valence electrons. The van der Waals surface area contributed by atoms with Crippen molar-refractivity contribution in [3.8, 4) is 0 Å². The molecule has 3 heteroatoms. The van der Waals surface area contributed by atoms with Gasteiger partial charge in [-0.1, -0.05) is 39.0 Å². The van der Waals surface area contributed by atoms with Crippen molar-refractivity contribution in [1.29, 1.82) is 0 Å². The monoisotopic (exact) mass is 173 g/mol. The minimum absolute atomic E-state index is 0.286. The summed E-state index contributed by atoms with van der Waals surface area (Å²) < 4.78 is 4.25. The van der Waals surface area contributed by atoms with Crippen molar-refractivity contribution in [3.63, 3.8) is 0 Å². The highest BCUT2D eigenvalue weighted by Gasteiger charge is 1.97. The van der Waals surface area contributed by atoms with Gasteiger partial charge in [0, 0.05) is 0 Å². The van der Waals surface area contributed by atoms with Crippen molar-refractivity contribution in [2.45, 2.75) is 45.4 Å². The molecule has 0 aromatic heterocycles. The Labute approximate surface area is 73.7 Å². The summed E-state index contributed by atoms with van der Waals surface area (Å²) in [5.74, 6) is 0. The van der Waals surface area contributed by atoms with Crippen molar-refractivity contribution < 1.29 is 14.6 Å². The molecule has 0 aromatic rings. The molecule has 0 aliphatic rings. The molecular weight excluding hydrogens is 156 g/mol. The van der Waals surface area contributed by atoms with Gasteiger partial charge in [0.15, 0.2) is 0 Å². The Morgan fingerprint density at radius 1 is 1.08 bits per heavy atom. The van der Waals surface area contributed by atoms with Gasteiger partial charge in [0.1, 0.15) is 0 Å².